The molecular formula is C17H16Cl2N2O3. The number of carbonyl (C=O) groups excluding carboxylic acids is 2. The van der Waals surface area contributed by atoms with Crippen molar-refractivity contribution in [3.63, 3.8) is 0 Å². The number of imide groups is 1. The molecule has 1 atom stereocenters. The SMILES string of the molecule is Cc1cc(C2(C)NC(=O)N(Cc3ccc(Cl)c(Cl)c3)C2=O)c(C)o1. The number of aryl methyl sites for hydroxylation is 2. The summed E-state index contributed by atoms with van der Waals surface area (Å²) in [6.07, 6.45) is 0. The fourth-order valence-electron chi connectivity index (χ4n) is 2.97. The van der Waals surface area contributed by atoms with Crippen molar-refractivity contribution in [3.05, 3.63) is 57.0 Å². The number of halogens is 2. The van der Waals surface area contributed by atoms with Crippen LogP contribution in [0.4, 0.5) is 4.79 Å². The molecule has 1 unspecified atom stereocenters. The van der Waals surface area contributed by atoms with E-state index < -0.39 is 11.6 Å². The van der Waals surface area contributed by atoms with Crippen molar-refractivity contribution >= 4 is 35.1 Å². The lowest BCUT2D eigenvalue weighted by molar-refractivity contribution is -0.131. The lowest BCUT2D eigenvalue weighted by Gasteiger charge is -2.21. The highest BCUT2D eigenvalue weighted by molar-refractivity contribution is 6.42. The maximum absolute atomic E-state index is 12.9. The molecule has 24 heavy (non-hydrogen) atoms. The number of urea groups is 1. The lowest BCUT2D eigenvalue weighted by Crippen LogP contribution is -2.41. The Kier molecular flexibility index (Phi) is 4.10. The Balaban J connectivity index is 1.91. The molecule has 1 N–H and O–H groups in total. The molecule has 1 aliphatic rings. The molecule has 2 heterocycles. The van der Waals surface area contributed by atoms with Crippen LogP contribution in [-0.4, -0.2) is 16.8 Å². The van der Waals surface area contributed by atoms with Crippen LogP contribution in [-0.2, 0) is 16.9 Å². The number of hydrogen-bond donors (Lipinski definition) is 1. The maximum atomic E-state index is 12.9. The van der Waals surface area contributed by atoms with E-state index in [0.29, 0.717) is 27.1 Å². The van der Waals surface area contributed by atoms with Gasteiger partial charge in [-0.3, -0.25) is 9.69 Å². The van der Waals surface area contributed by atoms with Crippen LogP contribution in [0.1, 0.15) is 29.6 Å². The summed E-state index contributed by atoms with van der Waals surface area (Å²) in [5.41, 5.74) is 0.238. The van der Waals surface area contributed by atoms with E-state index in [2.05, 4.69) is 5.32 Å². The first-order valence-corrected chi connectivity index (χ1v) is 8.13. The molecule has 0 bridgehead atoms. The second-order valence-electron chi connectivity index (χ2n) is 6.02. The Morgan fingerprint density at radius 3 is 2.46 bits per heavy atom. The van der Waals surface area contributed by atoms with E-state index >= 15 is 0 Å². The normalized spacial score (nSPS) is 20.6. The standard InChI is InChI=1S/C17H16Cl2N2O3/c1-9-6-12(10(2)24-9)17(3)15(22)21(16(23)20-17)8-11-4-5-13(18)14(19)7-11/h4-7H,8H2,1-3H3,(H,20,23). The summed E-state index contributed by atoms with van der Waals surface area (Å²) >= 11 is 11.9. The first-order chi connectivity index (χ1) is 11.2. The van der Waals surface area contributed by atoms with Crippen LogP contribution in [0.5, 0.6) is 0 Å². The lowest BCUT2D eigenvalue weighted by atomic mass is 9.92. The van der Waals surface area contributed by atoms with Gasteiger partial charge < -0.3 is 9.73 Å². The Hall–Kier alpha value is -1.98. The third-order valence-electron chi connectivity index (χ3n) is 4.18. The summed E-state index contributed by atoms with van der Waals surface area (Å²) in [5, 5.41) is 3.57. The highest BCUT2D eigenvalue weighted by Crippen LogP contribution is 2.34. The van der Waals surface area contributed by atoms with Crippen molar-refractivity contribution in [3.8, 4) is 0 Å². The van der Waals surface area contributed by atoms with Gasteiger partial charge in [0.15, 0.2) is 0 Å². The van der Waals surface area contributed by atoms with Crippen molar-refractivity contribution < 1.29 is 14.0 Å². The first-order valence-electron chi connectivity index (χ1n) is 7.38. The molecule has 1 fully saturated rings. The zero-order valence-electron chi connectivity index (χ0n) is 13.4. The van der Waals surface area contributed by atoms with Gasteiger partial charge in [-0.1, -0.05) is 29.3 Å². The average Bonchev–Trinajstić information content (AvgIpc) is 2.95. The Bertz CT molecular complexity index is 846. The molecule has 7 heteroatoms. The van der Waals surface area contributed by atoms with Gasteiger partial charge in [-0.25, -0.2) is 4.79 Å². The summed E-state index contributed by atoms with van der Waals surface area (Å²) < 4.78 is 5.50. The monoisotopic (exact) mass is 366 g/mol. The van der Waals surface area contributed by atoms with Gasteiger partial charge in [0.1, 0.15) is 17.1 Å². The van der Waals surface area contributed by atoms with E-state index in [1.165, 1.54) is 4.90 Å². The smallest absolute Gasteiger partial charge is 0.325 e. The fourth-order valence-corrected chi connectivity index (χ4v) is 3.29. The van der Waals surface area contributed by atoms with Gasteiger partial charge in [0, 0.05) is 5.56 Å². The van der Waals surface area contributed by atoms with E-state index in [9.17, 15) is 9.59 Å². The molecule has 0 aliphatic carbocycles. The zero-order chi connectivity index (χ0) is 17.6. The number of benzene rings is 1. The highest BCUT2D eigenvalue weighted by Gasteiger charge is 2.50. The van der Waals surface area contributed by atoms with Crippen molar-refractivity contribution in [1.29, 1.82) is 0 Å². The predicted molar refractivity (Wildman–Crippen MR) is 91.1 cm³/mol. The van der Waals surface area contributed by atoms with Gasteiger partial charge in [0.05, 0.1) is 16.6 Å². The van der Waals surface area contributed by atoms with E-state index in [-0.39, 0.29) is 12.5 Å². The second-order valence-corrected chi connectivity index (χ2v) is 6.84. The molecule has 5 nitrogen and oxygen atoms in total. The molecule has 3 amide bonds. The molecule has 126 valence electrons. The molecule has 1 aromatic heterocycles. The van der Waals surface area contributed by atoms with Crippen molar-refractivity contribution in [2.45, 2.75) is 32.9 Å². The van der Waals surface area contributed by atoms with E-state index in [0.717, 1.165) is 5.56 Å². The zero-order valence-corrected chi connectivity index (χ0v) is 15.0. The quantitative estimate of drug-likeness (QED) is 0.829. The minimum atomic E-state index is -1.14. The number of hydrogen-bond acceptors (Lipinski definition) is 3. The summed E-state index contributed by atoms with van der Waals surface area (Å²) in [5.74, 6) is 0.969. The number of rotatable bonds is 3. The third-order valence-corrected chi connectivity index (χ3v) is 4.92. The van der Waals surface area contributed by atoms with Gasteiger partial charge in [-0.15, -0.1) is 0 Å². The van der Waals surface area contributed by atoms with Crippen LogP contribution in [0.2, 0.25) is 10.0 Å². The number of nitrogens with one attached hydrogen (secondary N) is 1. The van der Waals surface area contributed by atoms with Crippen molar-refractivity contribution in [1.82, 2.24) is 10.2 Å². The van der Waals surface area contributed by atoms with Gasteiger partial charge in [0.25, 0.3) is 5.91 Å². The van der Waals surface area contributed by atoms with E-state index in [4.69, 9.17) is 27.6 Å². The Labute approximate surface area is 149 Å². The predicted octanol–water partition coefficient (Wildman–Crippen LogP) is 4.17. The molecule has 2 aromatic rings. The van der Waals surface area contributed by atoms with Gasteiger partial charge >= 0.3 is 6.03 Å². The van der Waals surface area contributed by atoms with Crippen LogP contribution in [0, 0.1) is 13.8 Å². The van der Waals surface area contributed by atoms with Crippen LogP contribution in [0.25, 0.3) is 0 Å². The molecular weight excluding hydrogens is 351 g/mol. The Morgan fingerprint density at radius 2 is 1.88 bits per heavy atom. The minimum absolute atomic E-state index is 0.118. The number of nitrogens with zero attached hydrogens (tertiary/aromatic N) is 1. The topological polar surface area (TPSA) is 62.6 Å². The van der Waals surface area contributed by atoms with Gasteiger partial charge in [0.2, 0.25) is 0 Å². The third kappa shape index (κ3) is 2.68. The van der Waals surface area contributed by atoms with Crippen LogP contribution in [0.3, 0.4) is 0 Å². The average molecular weight is 367 g/mol. The largest absolute Gasteiger partial charge is 0.466 e. The van der Waals surface area contributed by atoms with Crippen molar-refractivity contribution in [2.75, 3.05) is 0 Å². The first kappa shape index (κ1) is 16.9. The van der Waals surface area contributed by atoms with Gasteiger partial charge in [-0.2, -0.15) is 0 Å². The minimum Gasteiger partial charge on any atom is -0.466 e. The Morgan fingerprint density at radius 1 is 1.17 bits per heavy atom. The summed E-state index contributed by atoms with van der Waals surface area (Å²) in [6.45, 7) is 5.37. The molecule has 1 aliphatic heterocycles. The molecule has 0 radical (unpaired) electrons. The van der Waals surface area contributed by atoms with Crippen LogP contribution < -0.4 is 5.32 Å². The second kappa shape index (κ2) is 5.83. The number of amides is 3. The molecule has 0 saturated carbocycles. The van der Waals surface area contributed by atoms with E-state index in [1.807, 2.05) is 0 Å². The summed E-state index contributed by atoms with van der Waals surface area (Å²) in [4.78, 5) is 26.4. The number of carbonyl (C=O) groups is 2. The van der Waals surface area contributed by atoms with Gasteiger partial charge in [-0.05, 0) is 44.5 Å². The van der Waals surface area contributed by atoms with Crippen molar-refractivity contribution in [2.24, 2.45) is 0 Å². The van der Waals surface area contributed by atoms with Crippen LogP contribution in [0.15, 0.2) is 28.7 Å². The van der Waals surface area contributed by atoms with Crippen LogP contribution >= 0.6 is 23.2 Å². The molecule has 1 aromatic carbocycles. The van der Waals surface area contributed by atoms with E-state index in [1.54, 1.807) is 45.0 Å². The molecule has 0 spiro atoms. The molecule has 3 rings (SSSR count). The highest BCUT2D eigenvalue weighted by atomic mass is 35.5. The maximum Gasteiger partial charge on any atom is 0.325 e. The summed E-state index contributed by atoms with van der Waals surface area (Å²) in [7, 11) is 0. The molecule has 1 saturated heterocycles. The number of furan rings is 1. The fraction of sp³-hybridized carbons (Fsp3) is 0.294. The summed E-state index contributed by atoms with van der Waals surface area (Å²) in [6, 6.07) is 6.34.